The van der Waals surface area contributed by atoms with Crippen LogP contribution in [0.4, 0.5) is 0 Å². The molecule has 0 aromatic carbocycles. The van der Waals surface area contributed by atoms with E-state index in [1.54, 1.807) is 6.20 Å². The number of hydrogen-bond donors (Lipinski definition) is 2. The Hall–Kier alpha value is -1.46. The zero-order chi connectivity index (χ0) is 12.1. The molecule has 1 fully saturated rings. The highest BCUT2D eigenvalue weighted by Gasteiger charge is 2.29. The monoisotopic (exact) mass is 236 g/mol. The number of carboxylic acid groups (broad SMARTS) is 1. The number of aliphatic carboxylic acids is 1. The van der Waals surface area contributed by atoms with E-state index >= 15 is 0 Å². The number of carboxylic acids is 1. The molecule has 1 aromatic heterocycles. The summed E-state index contributed by atoms with van der Waals surface area (Å²) in [5, 5.41) is 12.0. The number of nitrogens with one attached hydrogen (secondary N) is 1. The number of hydrogen-bond acceptors (Lipinski definition) is 4. The lowest BCUT2D eigenvalue weighted by atomic mass is 10.2. The number of pyridine rings is 1. The first-order valence-electron chi connectivity index (χ1n) is 5.74. The second-order valence-corrected chi connectivity index (χ2v) is 4.11. The molecule has 17 heavy (non-hydrogen) atoms. The fourth-order valence-corrected chi connectivity index (χ4v) is 1.90. The second-order valence-electron chi connectivity index (χ2n) is 4.11. The van der Waals surface area contributed by atoms with Crippen LogP contribution < -0.4 is 5.32 Å². The summed E-state index contributed by atoms with van der Waals surface area (Å²) in [6, 6.07) is 5.76. The van der Waals surface area contributed by atoms with Gasteiger partial charge in [-0.05, 0) is 25.0 Å². The van der Waals surface area contributed by atoms with E-state index in [-0.39, 0.29) is 6.10 Å². The Balaban J connectivity index is 1.68. The Morgan fingerprint density at radius 2 is 2.41 bits per heavy atom. The molecule has 0 radical (unpaired) electrons. The molecule has 2 N–H and O–H groups in total. The van der Waals surface area contributed by atoms with E-state index in [0.29, 0.717) is 19.5 Å². The molecule has 0 saturated carbocycles. The Labute approximate surface area is 99.8 Å². The van der Waals surface area contributed by atoms with Crippen LogP contribution in [0.15, 0.2) is 24.4 Å². The minimum Gasteiger partial charge on any atom is -0.479 e. The number of carbonyl (C=O) groups is 1. The summed E-state index contributed by atoms with van der Waals surface area (Å²) in [5.74, 6) is -0.864. The first-order valence-corrected chi connectivity index (χ1v) is 5.74. The third-order valence-electron chi connectivity index (χ3n) is 2.79. The van der Waals surface area contributed by atoms with Gasteiger partial charge in [-0.1, -0.05) is 6.07 Å². The van der Waals surface area contributed by atoms with Gasteiger partial charge in [0.25, 0.3) is 0 Å². The number of rotatable bonds is 5. The van der Waals surface area contributed by atoms with Crippen molar-refractivity contribution in [2.45, 2.75) is 31.6 Å². The topological polar surface area (TPSA) is 71.5 Å². The maximum atomic E-state index is 10.7. The van der Waals surface area contributed by atoms with Gasteiger partial charge in [0, 0.05) is 19.3 Å². The Bertz CT molecular complexity index is 369. The number of nitrogens with zero attached hydrogens (tertiary/aromatic N) is 1. The quantitative estimate of drug-likeness (QED) is 0.791. The molecule has 1 aliphatic heterocycles. The van der Waals surface area contributed by atoms with Crippen molar-refractivity contribution in [2.24, 2.45) is 0 Å². The van der Waals surface area contributed by atoms with Gasteiger partial charge >= 0.3 is 5.97 Å². The van der Waals surface area contributed by atoms with Crippen LogP contribution in [0.1, 0.15) is 18.5 Å². The van der Waals surface area contributed by atoms with E-state index in [1.807, 2.05) is 18.2 Å². The molecule has 1 aromatic rings. The van der Waals surface area contributed by atoms with Gasteiger partial charge < -0.3 is 15.2 Å². The highest BCUT2D eigenvalue weighted by molar-refractivity contribution is 5.72. The summed E-state index contributed by atoms with van der Waals surface area (Å²) < 4.78 is 5.38. The Morgan fingerprint density at radius 1 is 1.53 bits per heavy atom. The van der Waals surface area contributed by atoms with Crippen LogP contribution in [0.3, 0.4) is 0 Å². The number of ether oxygens (including phenoxy) is 1. The normalized spacial score (nSPS) is 23.8. The lowest BCUT2D eigenvalue weighted by Crippen LogP contribution is -2.28. The Kier molecular flexibility index (Phi) is 4.06. The van der Waals surface area contributed by atoms with Crippen LogP contribution in [0, 0.1) is 0 Å². The molecule has 0 spiro atoms. The zero-order valence-electron chi connectivity index (χ0n) is 9.50. The summed E-state index contributed by atoms with van der Waals surface area (Å²) in [7, 11) is 0. The van der Waals surface area contributed by atoms with Crippen molar-refractivity contribution in [3.8, 4) is 0 Å². The smallest absolute Gasteiger partial charge is 0.332 e. The third kappa shape index (κ3) is 3.51. The summed E-state index contributed by atoms with van der Waals surface area (Å²) in [4.78, 5) is 14.9. The second kappa shape index (κ2) is 5.75. The lowest BCUT2D eigenvalue weighted by Gasteiger charge is -2.11. The predicted octanol–water partition coefficient (Wildman–Crippen LogP) is 0.803. The van der Waals surface area contributed by atoms with Crippen LogP contribution >= 0.6 is 0 Å². The molecule has 5 nitrogen and oxygen atoms in total. The summed E-state index contributed by atoms with van der Waals surface area (Å²) in [6.45, 7) is 1.35. The van der Waals surface area contributed by atoms with Gasteiger partial charge in [-0.15, -0.1) is 0 Å². The molecular weight excluding hydrogens is 220 g/mol. The first-order chi connectivity index (χ1) is 8.25. The SMILES string of the molecule is O=C(O)C1CCC(CNCc2ccccn2)O1. The summed E-state index contributed by atoms with van der Waals surface area (Å²) in [6.07, 6.45) is 2.53. The molecule has 2 unspecified atom stereocenters. The molecule has 1 saturated heterocycles. The van der Waals surface area contributed by atoms with Crippen molar-refractivity contribution in [2.75, 3.05) is 6.54 Å². The molecule has 1 aliphatic rings. The summed E-state index contributed by atoms with van der Waals surface area (Å²) in [5.41, 5.74) is 0.972. The predicted molar refractivity (Wildman–Crippen MR) is 61.5 cm³/mol. The van der Waals surface area contributed by atoms with Crippen LogP contribution in [-0.2, 0) is 16.1 Å². The average molecular weight is 236 g/mol. The van der Waals surface area contributed by atoms with Gasteiger partial charge in [0.1, 0.15) is 0 Å². The van der Waals surface area contributed by atoms with Gasteiger partial charge in [-0.3, -0.25) is 4.98 Å². The van der Waals surface area contributed by atoms with Crippen LogP contribution in [0.2, 0.25) is 0 Å². The molecule has 0 amide bonds. The van der Waals surface area contributed by atoms with Gasteiger partial charge in [0.05, 0.1) is 11.8 Å². The van der Waals surface area contributed by atoms with E-state index in [1.165, 1.54) is 0 Å². The van der Waals surface area contributed by atoms with E-state index in [4.69, 9.17) is 9.84 Å². The zero-order valence-corrected chi connectivity index (χ0v) is 9.50. The van der Waals surface area contributed by atoms with E-state index in [2.05, 4.69) is 10.3 Å². The summed E-state index contributed by atoms with van der Waals surface area (Å²) >= 11 is 0. The van der Waals surface area contributed by atoms with Gasteiger partial charge in [-0.2, -0.15) is 0 Å². The van der Waals surface area contributed by atoms with Crippen molar-refractivity contribution in [3.63, 3.8) is 0 Å². The van der Waals surface area contributed by atoms with Crippen LogP contribution in [-0.4, -0.2) is 34.8 Å². The van der Waals surface area contributed by atoms with Crippen LogP contribution in [0.25, 0.3) is 0 Å². The van der Waals surface area contributed by atoms with Crippen molar-refractivity contribution in [3.05, 3.63) is 30.1 Å². The standard InChI is InChI=1S/C12H16N2O3/c15-12(16)11-5-4-10(17-11)8-13-7-9-3-1-2-6-14-9/h1-3,6,10-11,13H,4-5,7-8H2,(H,15,16). The molecule has 92 valence electrons. The van der Waals surface area contributed by atoms with Crippen molar-refractivity contribution >= 4 is 5.97 Å². The minimum atomic E-state index is -0.864. The molecule has 2 atom stereocenters. The highest BCUT2D eigenvalue weighted by atomic mass is 16.5. The molecule has 5 heteroatoms. The average Bonchev–Trinajstić information content (AvgIpc) is 2.79. The first kappa shape index (κ1) is 12.0. The molecule has 0 bridgehead atoms. The largest absolute Gasteiger partial charge is 0.479 e. The molecule has 0 aliphatic carbocycles. The molecule has 2 rings (SSSR count). The van der Waals surface area contributed by atoms with E-state index < -0.39 is 12.1 Å². The van der Waals surface area contributed by atoms with E-state index in [0.717, 1.165) is 12.1 Å². The fourth-order valence-electron chi connectivity index (χ4n) is 1.90. The maximum Gasteiger partial charge on any atom is 0.332 e. The molecular formula is C12H16N2O3. The van der Waals surface area contributed by atoms with E-state index in [9.17, 15) is 4.79 Å². The van der Waals surface area contributed by atoms with Crippen molar-refractivity contribution in [1.29, 1.82) is 0 Å². The van der Waals surface area contributed by atoms with Crippen LogP contribution in [0.5, 0.6) is 0 Å². The maximum absolute atomic E-state index is 10.7. The van der Waals surface area contributed by atoms with Gasteiger partial charge in [0.2, 0.25) is 0 Å². The minimum absolute atomic E-state index is 0.000174. The fraction of sp³-hybridized carbons (Fsp3) is 0.500. The lowest BCUT2D eigenvalue weighted by molar-refractivity contribution is -0.149. The Morgan fingerprint density at radius 3 is 3.06 bits per heavy atom. The van der Waals surface area contributed by atoms with Crippen molar-refractivity contribution in [1.82, 2.24) is 10.3 Å². The molecule has 2 heterocycles. The highest BCUT2D eigenvalue weighted by Crippen LogP contribution is 2.19. The van der Waals surface area contributed by atoms with Gasteiger partial charge in [0.15, 0.2) is 6.10 Å². The van der Waals surface area contributed by atoms with Crippen molar-refractivity contribution < 1.29 is 14.6 Å². The van der Waals surface area contributed by atoms with Gasteiger partial charge in [-0.25, -0.2) is 4.79 Å². The number of aromatic nitrogens is 1. The third-order valence-corrected chi connectivity index (χ3v) is 2.79.